The number of nitrogens with one attached hydrogen (secondary N) is 1. The van der Waals surface area contributed by atoms with Crippen LogP contribution >= 0.6 is 11.3 Å². The maximum absolute atomic E-state index is 13.6. The van der Waals surface area contributed by atoms with E-state index in [0.29, 0.717) is 0 Å². The average molecular weight is 312 g/mol. The van der Waals surface area contributed by atoms with E-state index in [9.17, 15) is 18.4 Å². The first kappa shape index (κ1) is 15.0. The quantitative estimate of drug-likeness (QED) is 0.889. The molecular weight excluding hydrogens is 302 g/mol. The summed E-state index contributed by atoms with van der Waals surface area (Å²) in [5.74, 6) is -2.79. The number of carboxylic acid groups (broad SMARTS) is 1. The highest BCUT2D eigenvalue weighted by Crippen LogP contribution is 2.27. The van der Waals surface area contributed by atoms with Crippen molar-refractivity contribution in [2.45, 2.75) is 12.8 Å². The van der Waals surface area contributed by atoms with Crippen molar-refractivity contribution in [1.82, 2.24) is 4.98 Å². The Bertz CT molecular complexity index is 688. The first-order valence-electron chi connectivity index (χ1n) is 5.88. The Hall–Kier alpha value is -2.35. The van der Waals surface area contributed by atoms with Crippen LogP contribution in [0.5, 0.6) is 0 Å². The van der Waals surface area contributed by atoms with Gasteiger partial charge in [0, 0.05) is 17.4 Å². The smallest absolute Gasteiger partial charge is 0.303 e. The number of hydrogen-bond donors (Lipinski definition) is 2. The first-order chi connectivity index (χ1) is 9.95. The summed E-state index contributed by atoms with van der Waals surface area (Å²) in [6.07, 6.45) is -0.471. The summed E-state index contributed by atoms with van der Waals surface area (Å²) in [6, 6.07) is 3.01. The molecule has 0 radical (unpaired) electrons. The second kappa shape index (κ2) is 6.40. The minimum absolute atomic E-state index is 0.00251. The maximum atomic E-state index is 13.6. The molecule has 0 bridgehead atoms. The van der Waals surface area contributed by atoms with E-state index in [1.807, 2.05) is 0 Å². The highest BCUT2D eigenvalue weighted by molar-refractivity contribution is 7.14. The molecule has 1 aromatic heterocycles. The van der Waals surface area contributed by atoms with Gasteiger partial charge in [0.25, 0.3) is 0 Å². The number of rotatable bonds is 5. The summed E-state index contributed by atoms with van der Waals surface area (Å²) < 4.78 is 26.7. The molecular formula is C13H10F2N2O3S. The van der Waals surface area contributed by atoms with Crippen LogP contribution in [0.15, 0.2) is 23.6 Å². The molecule has 1 heterocycles. The van der Waals surface area contributed by atoms with Gasteiger partial charge in [-0.15, -0.1) is 11.3 Å². The van der Waals surface area contributed by atoms with Crippen molar-refractivity contribution >= 4 is 28.3 Å². The van der Waals surface area contributed by atoms with Crippen molar-refractivity contribution < 1.29 is 23.5 Å². The third kappa shape index (κ3) is 4.06. The Balaban J connectivity index is 2.09. The number of carbonyl (C=O) groups excluding carboxylic acids is 1. The van der Waals surface area contributed by atoms with E-state index in [1.54, 1.807) is 0 Å². The van der Waals surface area contributed by atoms with Gasteiger partial charge in [0.15, 0.2) is 5.13 Å². The zero-order valence-electron chi connectivity index (χ0n) is 10.6. The zero-order valence-corrected chi connectivity index (χ0v) is 11.4. The Kier molecular flexibility index (Phi) is 4.59. The first-order valence-corrected chi connectivity index (χ1v) is 6.76. The minimum Gasteiger partial charge on any atom is -0.481 e. The van der Waals surface area contributed by atoms with E-state index < -0.39 is 23.5 Å². The number of nitrogens with zero attached hydrogens (tertiary/aromatic N) is 1. The number of thiazole rings is 1. The second-order valence-electron chi connectivity index (χ2n) is 4.10. The van der Waals surface area contributed by atoms with Gasteiger partial charge in [0.1, 0.15) is 11.6 Å². The lowest BCUT2D eigenvalue weighted by atomic mass is 10.1. The molecule has 0 aliphatic heterocycles. The van der Waals surface area contributed by atoms with Gasteiger partial charge in [0.2, 0.25) is 5.91 Å². The summed E-state index contributed by atoms with van der Waals surface area (Å²) in [5, 5.41) is 12.6. The van der Waals surface area contributed by atoms with Gasteiger partial charge in [-0.1, -0.05) is 0 Å². The molecule has 0 spiro atoms. The van der Waals surface area contributed by atoms with Crippen molar-refractivity contribution in [3.05, 3.63) is 35.2 Å². The van der Waals surface area contributed by atoms with Crippen LogP contribution in [0.1, 0.15) is 12.8 Å². The molecule has 5 nitrogen and oxygen atoms in total. The predicted octanol–water partition coefficient (Wildman–Crippen LogP) is 2.89. The van der Waals surface area contributed by atoms with Crippen LogP contribution < -0.4 is 5.32 Å². The minimum atomic E-state index is -1.08. The Morgan fingerprint density at radius 1 is 1.29 bits per heavy atom. The standard InChI is InChI=1S/C13H10F2N2O3S/c14-7-1-2-9(15)8(5-7)10-6-21-13(16-10)17-11(18)3-4-12(19)20/h1-2,5-6H,3-4H2,(H,19,20)(H,16,17,18). The molecule has 2 rings (SSSR count). The number of anilines is 1. The topological polar surface area (TPSA) is 79.3 Å². The summed E-state index contributed by atoms with van der Waals surface area (Å²) >= 11 is 1.04. The molecule has 1 aromatic carbocycles. The lowest BCUT2D eigenvalue weighted by Crippen LogP contribution is -2.12. The van der Waals surface area contributed by atoms with E-state index >= 15 is 0 Å². The summed E-state index contributed by atoms with van der Waals surface area (Å²) in [5.41, 5.74) is 0.197. The molecule has 0 saturated heterocycles. The van der Waals surface area contributed by atoms with E-state index in [4.69, 9.17) is 5.11 Å². The molecule has 0 fully saturated rings. The normalized spacial score (nSPS) is 10.4. The Morgan fingerprint density at radius 2 is 2.05 bits per heavy atom. The number of hydrogen-bond acceptors (Lipinski definition) is 4. The van der Waals surface area contributed by atoms with Gasteiger partial charge in [0.05, 0.1) is 12.1 Å². The highest BCUT2D eigenvalue weighted by atomic mass is 32.1. The zero-order chi connectivity index (χ0) is 15.4. The summed E-state index contributed by atoms with van der Waals surface area (Å²) in [6.45, 7) is 0. The van der Waals surface area contributed by atoms with E-state index in [-0.39, 0.29) is 29.2 Å². The molecule has 1 amide bonds. The van der Waals surface area contributed by atoms with Gasteiger partial charge in [-0.05, 0) is 18.2 Å². The van der Waals surface area contributed by atoms with E-state index in [0.717, 1.165) is 29.5 Å². The van der Waals surface area contributed by atoms with E-state index in [2.05, 4.69) is 10.3 Å². The van der Waals surface area contributed by atoms with Crippen LogP contribution in [-0.2, 0) is 9.59 Å². The van der Waals surface area contributed by atoms with Gasteiger partial charge in [-0.3, -0.25) is 9.59 Å². The van der Waals surface area contributed by atoms with Crippen molar-refractivity contribution in [3.63, 3.8) is 0 Å². The van der Waals surface area contributed by atoms with Crippen LogP contribution in [0.3, 0.4) is 0 Å². The third-order valence-electron chi connectivity index (χ3n) is 2.52. The fourth-order valence-corrected chi connectivity index (χ4v) is 2.28. The van der Waals surface area contributed by atoms with Crippen LogP contribution in [0.25, 0.3) is 11.3 Å². The lowest BCUT2D eigenvalue weighted by molar-refractivity contribution is -0.138. The van der Waals surface area contributed by atoms with Crippen LogP contribution in [0.4, 0.5) is 13.9 Å². The Labute approximate surface area is 122 Å². The SMILES string of the molecule is O=C(O)CCC(=O)Nc1nc(-c2cc(F)ccc2F)cs1. The third-order valence-corrected chi connectivity index (χ3v) is 3.28. The van der Waals surface area contributed by atoms with Gasteiger partial charge < -0.3 is 10.4 Å². The lowest BCUT2D eigenvalue weighted by Gasteiger charge is -2.00. The number of carbonyl (C=O) groups is 2. The molecule has 0 aliphatic rings. The molecule has 0 atom stereocenters. The fraction of sp³-hybridized carbons (Fsp3) is 0.154. The molecule has 0 aliphatic carbocycles. The number of carboxylic acids is 1. The van der Waals surface area contributed by atoms with Crippen LogP contribution in [0.2, 0.25) is 0 Å². The number of aliphatic carboxylic acids is 1. The van der Waals surface area contributed by atoms with Gasteiger partial charge >= 0.3 is 5.97 Å². The monoisotopic (exact) mass is 312 g/mol. The van der Waals surface area contributed by atoms with Crippen LogP contribution in [-0.4, -0.2) is 22.0 Å². The fourth-order valence-electron chi connectivity index (χ4n) is 1.55. The van der Waals surface area contributed by atoms with Crippen molar-refractivity contribution in [2.75, 3.05) is 5.32 Å². The highest BCUT2D eigenvalue weighted by Gasteiger charge is 2.12. The molecule has 110 valence electrons. The molecule has 0 saturated carbocycles. The predicted molar refractivity (Wildman–Crippen MR) is 73.0 cm³/mol. The van der Waals surface area contributed by atoms with Crippen molar-refractivity contribution in [1.29, 1.82) is 0 Å². The summed E-state index contributed by atoms with van der Waals surface area (Å²) in [4.78, 5) is 25.8. The molecule has 2 aromatic rings. The van der Waals surface area contributed by atoms with Crippen molar-refractivity contribution in [2.24, 2.45) is 0 Å². The molecule has 8 heteroatoms. The Morgan fingerprint density at radius 3 is 2.76 bits per heavy atom. The average Bonchev–Trinajstić information content (AvgIpc) is 2.87. The summed E-state index contributed by atoms with van der Waals surface area (Å²) in [7, 11) is 0. The number of halogens is 2. The largest absolute Gasteiger partial charge is 0.481 e. The second-order valence-corrected chi connectivity index (χ2v) is 4.96. The number of amides is 1. The maximum Gasteiger partial charge on any atom is 0.303 e. The molecule has 21 heavy (non-hydrogen) atoms. The number of benzene rings is 1. The van der Waals surface area contributed by atoms with Crippen molar-refractivity contribution in [3.8, 4) is 11.3 Å². The molecule has 0 unspecified atom stereocenters. The van der Waals surface area contributed by atoms with E-state index in [1.165, 1.54) is 5.38 Å². The number of aromatic nitrogens is 1. The molecule has 2 N–H and O–H groups in total. The van der Waals surface area contributed by atoms with Gasteiger partial charge in [-0.2, -0.15) is 0 Å². The van der Waals surface area contributed by atoms with Gasteiger partial charge in [-0.25, -0.2) is 13.8 Å². The van der Waals surface area contributed by atoms with Crippen LogP contribution in [0, 0.1) is 11.6 Å².